The van der Waals surface area contributed by atoms with Gasteiger partial charge in [-0.2, -0.15) is 0 Å². The molecular weight excluding hydrogens is 590 g/mol. The summed E-state index contributed by atoms with van der Waals surface area (Å²) in [6.07, 6.45) is 1.79. The highest BCUT2D eigenvalue weighted by molar-refractivity contribution is 9.10. The van der Waals surface area contributed by atoms with Gasteiger partial charge in [-0.3, -0.25) is 13.9 Å². The lowest BCUT2D eigenvalue weighted by Gasteiger charge is -2.31. The Labute approximate surface area is 238 Å². The van der Waals surface area contributed by atoms with Crippen LogP contribution in [0.5, 0.6) is 0 Å². The van der Waals surface area contributed by atoms with Gasteiger partial charge in [-0.05, 0) is 47.9 Å². The van der Waals surface area contributed by atoms with Crippen molar-refractivity contribution in [2.75, 3.05) is 24.2 Å². The highest BCUT2D eigenvalue weighted by Gasteiger charge is 2.30. The number of carbonyl (C=O) groups excluding carboxylic acids is 2. The van der Waals surface area contributed by atoms with E-state index < -0.39 is 16.1 Å². The molecule has 0 aliphatic heterocycles. The van der Waals surface area contributed by atoms with Crippen molar-refractivity contribution in [1.29, 1.82) is 0 Å². The van der Waals surface area contributed by atoms with Crippen LogP contribution in [-0.4, -0.2) is 51.0 Å². The zero-order valence-corrected chi connectivity index (χ0v) is 24.5. The Morgan fingerprint density at radius 1 is 0.974 bits per heavy atom. The molecule has 0 aliphatic rings. The summed E-state index contributed by atoms with van der Waals surface area (Å²) in [4.78, 5) is 28.3. The SMILES string of the molecule is CNC(=O)[C@@H](Cc1ccccc1)N(Cc1cccc(Br)c1)C(=O)CCCN(c1cccc(Cl)c1)S(C)(=O)=O. The fraction of sp³-hybridized carbons (Fsp3) is 0.286. The van der Waals surface area contributed by atoms with Gasteiger partial charge >= 0.3 is 0 Å². The van der Waals surface area contributed by atoms with Gasteiger partial charge in [0.1, 0.15) is 6.04 Å². The van der Waals surface area contributed by atoms with Gasteiger partial charge in [-0.1, -0.05) is 76.1 Å². The number of halogens is 2. The lowest BCUT2D eigenvalue weighted by atomic mass is 10.0. The predicted octanol–water partition coefficient (Wildman–Crippen LogP) is 5.03. The van der Waals surface area contributed by atoms with Gasteiger partial charge in [0.2, 0.25) is 21.8 Å². The average Bonchev–Trinajstić information content (AvgIpc) is 2.88. The third-order valence-corrected chi connectivity index (χ3v) is 7.93. The van der Waals surface area contributed by atoms with E-state index in [1.807, 2.05) is 54.6 Å². The topological polar surface area (TPSA) is 86.8 Å². The van der Waals surface area contributed by atoms with Crippen LogP contribution in [0.15, 0.2) is 83.3 Å². The van der Waals surface area contributed by atoms with Gasteiger partial charge in [0.15, 0.2) is 0 Å². The van der Waals surface area contributed by atoms with Gasteiger partial charge in [0, 0.05) is 42.5 Å². The summed E-state index contributed by atoms with van der Waals surface area (Å²) in [6, 6.07) is 23.0. The lowest BCUT2D eigenvalue weighted by molar-refractivity contribution is -0.141. The normalized spacial score (nSPS) is 12.0. The molecule has 3 aromatic carbocycles. The lowest BCUT2D eigenvalue weighted by Crippen LogP contribution is -2.49. The van der Waals surface area contributed by atoms with Crippen molar-refractivity contribution in [2.24, 2.45) is 0 Å². The van der Waals surface area contributed by atoms with E-state index in [1.165, 1.54) is 4.31 Å². The first kappa shape index (κ1) is 29.7. The largest absolute Gasteiger partial charge is 0.357 e. The van der Waals surface area contributed by atoms with Crippen LogP contribution in [0.1, 0.15) is 24.0 Å². The van der Waals surface area contributed by atoms with Crippen LogP contribution in [-0.2, 0) is 32.6 Å². The minimum atomic E-state index is -3.60. The second-order valence-corrected chi connectivity index (χ2v) is 12.1. The number of nitrogens with one attached hydrogen (secondary N) is 1. The summed E-state index contributed by atoms with van der Waals surface area (Å²) >= 11 is 9.55. The first-order valence-electron chi connectivity index (χ1n) is 12.1. The Morgan fingerprint density at radius 2 is 1.66 bits per heavy atom. The molecule has 0 aromatic heterocycles. The molecule has 0 saturated heterocycles. The van der Waals surface area contributed by atoms with Crippen molar-refractivity contribution < 1.29 is 18.0 Å². The predicted molar refractivity (Wildman–Crippen MR) is 156 cm³/mol. The van der Waals surface area contributed by atoms with Crippen molar-refractivity contribution in [3.8, 4) is 0 Å². The van der Waals surface area contributed by atoms with E-state index in [1.54, 1.807) is 36.2 Å². The van der Waals surface area contributed by atoms with Gasteiger partial charge in [0.25, 0.3) is 0 Å². The molecule has 202 valence electrons. The quantitative estimate of drug-likeness (QED) is 0.308. The average molecular weight is 621 g/mol. The molecule has 1 atom stereocenters. The smallest absolute Gasteiger partial charge is 0.242 e. The number of amides is 2. The third kappa shape index (κ3) is 8.58. The standard InChI is InChI=1S/C28H31BrClN3O4S/c1-31-28(35)26(18-21-9-4-3-5-10-21)32(20-22-11-6-12-23(29)17-22)27(34)15-8-16-33(38(2,36)37)25-14-7-13-24(30)19-25/h3-7,9-14,17,19,26H,8,15-16,18,20H2,1-2H3,(H,31,35)/t26-/m1/s1. The summed E-state index contributed by atoms with van der Waals surface area (Å²) in [7, 11) is -2.05. The molecular formula is C28H31BrClN3O4S. The van der Waals surface area contributed by atoms with Gasteiger partial charge in [-0.25, -0.2) is 8.42 Å². The first-order chi connectivity index (χ1) is 18.1. The van der Waals surface area contributed by atoms with E-state index >= 15 is 0 Å². The third-order valence-electron chi connectivity index (χ3n) is 6.01. The molecule has 0 fully saturated rings. The van der Waals surface area contributed by atoms with Crippen molar-refractivity contribution in [1.82, 2.24) is 10.2 Å². The van der Waals surface area contributed by atoms with Crippen molar-refractivity contribution in [2.45, 2.75) is 31.8 Å². The van der Waals surface area contributed by atoms with Crippen molar-refractivity contribution in [3.05, 3.63) is 99.5 Å². The molecule has 0 bridgehead atoms. The fourth-order valence-corrected chi connectivity index (χ4v) is 5.78. The van der Waals surface area contributed by atoms with Crippen LogP contribution in [0.4, 0.5) is 5.69 Å². The second kappa shape index (κ2) is 13.8. The number of likely N-dealkylation sites (N-methyl/N-ethyl adjacent to an activating group) is 1. The Kier molecular flexibility index (Phi) is 10.8. The van der Waals surface area contributed by atoms with Crippen LogP contribution in [0.3, 0.4) is 0 Å². The maximum Gasteiger partial charge on any atom is 0.242 e. The van der Waals surface area contributed by atoms with Crippen LogP contribution in [0.2, 0.25) is 5.02 Å². The number of sulfonamides is 1. The molecule has 0 heterocycles. The van der Waals surface area contributed by atoms with E-state index in [0.29, 0.717) is 17.1 Å². The summed E-state index contributed by atoms with van der Waals surface area (Å²) in [6.45, 7) is 0.326. The molecule has 7 nitrogen and oxygen atoms in total. The van der Waals surface area contributed by atoms with Crippen LogP contribution in [0.25, 0.3) is 0 Å². The van der Waals surface area contributed by atoms with E-state index in [-0.39, 0.29) is 37.7 Å². The zero-order chi connectivity index (χ0) is 27.7. The Bertz CT molecular complexity index is 1350. The van der Waals surface area contributed by atoms with E-state index in [0.717, 1.165) is 21.9 Å². The number of benzene rings is 3. The van der Waals surface area contributed by atoms with Crippen LogP contribution < -0.4 is 9.62 Å². The summed E-state index contributed by atoms with van der Waals surface area (Å²) < 4.78 is 27.1. The molecule has 10 heteroatoms. The number of rotatable bonds is 12. The Balaban J connectivity index is 1.84. The van der Waals surface area contributed by atoms with Gasteiger partial charge in [-0.15, -0.1) is 0 Å². The molecule has 1 N–H and O–H groups in total. The minimum absolute atomic E-state index is 0.0584. The van der Waals surface area contributed by atoms with Gasteiger partial charge in [0.05, 0.1) is 11.9 Å². The maximum absolute atomic E-state index is 13.7. The maximum atomic E-state index is 13.7. The molecule has 0 spiro atoms. The molecule has 0 aliphatic carbocycles. The fourth-order valence-electron chi connectivity index (χ4n) is 4.19. The monoisotopic (exact) mass is 619 g/mol. The first-order valence-corrected chi connectivity index (χ1v) is 15.1. The number of anilines is 1. The van der Waals surface area contributed by atoms with Crippen LogP contribution >= 0.6 is 27.5 Å². The summed E-state index contributed by atoms with van der Waals surface area (Å²) in [5.74, 6) is -0.511. The molecule has 2 amide bonds. The second-order valence-electron chi connectivity index (χ2n) is 8.89. The zero-order valence-electron chi connectivity index (χ0n) is 21.3. The molecule has 3 rings (SSSR count). The van der Waals surface area contributed by atoms with E-state index in [9.17, 15) is 18.0 Å². The Hall–Kier alpha value is -2.88. The van der Waals surface area contributed by atoms with Crippen molar-refractivity contribution in [3.63, 3.8) is 0 Å². The summed E-state index contributed by atoms with van der Waals surface area (Å²) in [5, 5.41) is 3.11. The van der Waals surface area contributed by atoms with Crippen LogP contribution in [0, 0.1) is 0 Å². The molecule has 0 unspecified atom stereocenters. The van der Waals surface area contributed by atoms with E-state index in [4.69, 9.17) is 11.6 Å². The molecule has 3 aromatic rings. The number of hydrogen-bond acceptors (Lipinski definition) is 4. The molecule has 0 saturated carbocycles. The minimum Gasteiger partial charge on any atom is -0.357 e. The molecule has 0 radical (unpaired) electrons. The number of hydrogen-bond donors (Lipinski definition) is 1. The molecule has 38 heavy (non-hydrogen) atoms. The number of nitrogens with zero attached hydrogens (tertiary/aromatic N) is 2. The van der Waals surface area contributed by atoms with Gasteiger partial charge < -0.3 is 10.2 Å². The highest BCUT2D eigenvalue weighted by atomic mass is 79.9. The number of carbonyl (C=O) groups is 2. The summed E-state index contributed by atoms with van der Waals surface area (Å²) in [5.41, 5.74) is 2.23. The van der Waals surface area contributed by atoms with Crippen molar-refractivity contribution >= 4 is 55.1 Å². The highest BCUT2D eigenvalue weighted by Crippen LogP contribution is 2.23. The Morgan fingerprint density at radius 3 is 2.29 bits per heavy atom. The van der Waals surface area contributed by atoms with E-state index in [2.05, 4.69) is 21.2 Å².